The minimum absolute atomic E-state index is 0.0113. The van der Waals surface area contributed by atoms with E-state index in [0.29, 0.717) is 22.2 Å². The van der Waals surface area contributed by atoms with E-state index < -0.39 is 11.2 Å². The third-order valence-corrected chi connectivity index (χ3v) is 3.34. The second kappa shape index (κ2) is 6.24. The van der Waals surface area contributed by atoms with Crippen molar-refractivity contribution < 1.29 is 4.74 Å². The highest BCUT2D eigenvalue weighted by Crippen LogP contribution is 2.32. The van der Waals surface area contributed by atoms with Gasteiger partial charge in [0.05, 0.1) is 0 Å². The van der Waals surface area contributed by atoms with E-state index in [-0.39, 0.29) is 5.56 Å². The number of hydrogen-bond donors (Lipinski definition) is 1. The molecule has 114 valence electrons. The van der Waals surface area contributed by atoms with Gasteiger partial charge in [0.2, 0.25) is 0 Å². The van der Waals surface area contributed by atoms with Gasteiger partial charge < -0.3 is 9.72 Å². The van der Waals surface area contributed by atoms with E-state index in [1.807, 2.05) is 51.3 Å². The van der Waals surface area contributed by atoms with Gasteiger partial charge in [-0.1, -0.05) is 23.9 Å². The van der Waals surface area contributed by atoms with Crippen molar-refractivity contribution in [3.63, 3.8) is 0 Å². The van der Waals surface area contributed by atoms with Crippen LogP contribution in [0.2, 0.25) is 0 Å². The number of hydrogen-bond acceptors (Lipinski definition) is 5. The summed E-state index contributed by atoms with van der Waals surface area (Å²) in [5, 5.41) is 9.75. The molecule has 0 spiro atoms. The smallest absolute Gasteiger partial charge is 0.270 e. The number of benzene rings is 1. The predicted molar refractivity (Wildman–Crippen MR) is 87.2 cm³/mol. The topological polar surface area (TPSA) is 78.8 Å². The molecule has 6 heteroatoms. The first-order valence-corrected chi connectivity index (χ1v) is 7.95. The summed E-state index contributed by atoms with van der Waals surface area (Å²) >= 11 is 1.31. The average Bonchev–Trinajstić information content (AvgIpc) is 2.45. The number of para-hydroxylation sites is 1. The van der Waals surface area contributed by atoms with Crippen LogP contribution in [0.3, 0.4) is 0 Å². The number of aromatic nitrogens is 2. The molecule has 1 aromatic heterocycles. The van der Waals surface area contributed by atoms with Crippen LogP contribution in [-0.2, 0) is 0 Å². The molecule has 2 rings (SSSR count). The van der Waals surface area contributed by atoms with Gasteiger partial charge in [-0.3, -0.25) is 4.79 Å². The van der Waals surface area contributed by atoms with Crippen LogP contribution >= 0.6 is 11.8 Å². The lowest BCUT2D eigenvalue weighted by molar-refractivity contribution is 0.131. The van der Waals surface area contributed by atoms with Crippen LogP contribution in [0.25, 0.3) is 11.3 Å². The lowest BCUT2D eigenvalue weighted by Crippen LogP contribution is -2.23. The quantitative estimate of drug-likeness (QED) is 0.695. The fraction of sp³-hybridized carbons (Fsp3) is 0.312. The van der Waals surface area contributed by atoms with E-state index in [0.717, 1.165) is 0 Å². The van der Waals surface area contributed by atoms with Gasteiger partial charge in [0.25, 0.3) is 5.56 Å². The van der Waals surface area contributed by atoms with E-state index in [9.17, 15) is 10.1 Å². The summed E-state index contributed by atoms with van der Waals surface area (Å²) in [6, 6.07) is 9.21. The normalized spacial score (nSPS) is 11.0. The molecule has 5 nitrogen and oxygen atoms in total. The van der Waals surface area contributed by atoms with Crippen molar-refractivity contribution in [1.29, 1.82) is 5.26 Å². The van der Waals surface area contributed by atoms with Gasteiger partial charge >= 0.3 is 0 Å². The maximum absolute atomic E-state index is 12.0. The summed E-state index contributed by atoms with van der Waals surface area (Å²) in [7, 11) is 0. The summed E-state index contributed by atoms with van der Waals surface area (Å²) in [6.45, 7) is 5.81. The molecule has 0 bridgehead atoms. The van der Waals surface area contributed by atoms with Crippen LogP contribution in [0.15, 0.2) is 34.2 Å². The van der Waals surface area contributed by atoms with Gasteiger partial charge in [0, 0.05) is 5.56 Å². The maximum atomic E-state index is 12.0. The highest BCUT2D eigenvalue weighted by molar-refractivity contribution is 7.98. The Hall–Kier alpha value is -2.26. The lowest BCUT2D eigenvalue weighted by atomic mass is 10.1. The molecule has 0 atom stereocenters. The molecule has 1 N–H and O–H groups in total. The number of rotatable bonds is 3. The van der Waals surface area contributed by atoms with E-state index in [1.54, 1.807) is 6.07 Å². The molecular formula is C16H17N3O2S. The zero-order valence-electron chi connectivity index (χ0n) is 12.9. The van der Waals surface area contributed by atoms with Crippen molar-refractivity contribution in [3.05, 3.63) is 40.2 Å². The first-order chi connectivity index (χ1) is 10.4. The van der Waals surface area contributed by atoms with Crippen molar-refractivity contribution in [2.45, 2.75) is 31.5 Å². The Morgan fingerprint density at radius 1 is 1.32 bits per heavy atom. The molecule has 2 aromatic rings. The van der Waals surface area contributed by atoms with Crippen molar-refractivity contribution in [1.82, 2.24) is 9.97 Å². The molecule has 0 saturated heterocycles. The van der Waals surface area contributed by atoms with Crippen LogP contribution < -0.4 is 10.3 Å². The van der Waals surface area contributed by atoms with Crippen molar-refractivity contribution >= 4 is 11.8 Å². The molecule has 0 unspecified atom stereocenters. The van der Waals surface area contributed by atoms with E-state index in [4.69, 9.17) is 4.74 Å². The number of nitriles is 1. The SMILES string of the molecule is CSc1nc(-c2ccccc2OC(C)(C)C)c(C#N)c(=O)[nH]1. The molecular weight excluding hydrogens is 298 g/mol. The molecule has 1 aromatic carbocycles. The Balaban J connectivity index is 2.70. The third kappa shape index (κ3) is 3.49. The van der Waals surface area contributed by atoms with Crippen molar-refractivity contribution in [3.8, 4) is 23.1 Å². The summed E-state index contributed by atoms with van der Waals surface area (Å²) < 4.78 is 5.93. The Bertz CT molecular complexity index is 785. The lowest BCUT2D eigenvalue weighted by Gasteiger charge is -2.23. The summed E-state index contributed by atoms with van der Waals surface area (Å²) in [4.78, 5) is 19.0. The number of H-pyrrole nitrogens is 1. The number of aromatic amines is 1. The van der Waals surface area contributed by atoms with Crippen molar-refractivity contribution in [2.75, 3.05) is 6.26 Å². The fourth-order valence-electron chi connectivity index (χ4n) is 1.93. The standard InChI is InChI=1S/C16H17N3O2S/c1-16(2,3)21-12-8-6-5-7-10(12)13-11(9-17)14(20)19-15(18-13)22-4/h5-8H,1-4H3,(H,18,19,20). The van der Waals surface area contributed by atoms with E-state index in [2.05, 4.69) is 9.97 Å². The third-order valence-electron chi connectivity index (χ3n) is 2.76. The molecule has 0 radical (unpaired) electrons. The van der Waals surface area contributed by atoms with Gasteiger partial charge in [-0.25, -0.2) is 4.98 Å². The Morgan fingerprint density at radius 2 is 2.00 bits per heavy atom. The zero-order chi connectivity index (χ0) is 16.3. The second-order valence-electron chi connectivity index (χ2n) is 5.62. The monoisotopic (exact) mass is 315 g/mol. The number of nitrogens with zero attached hydrogens (tertiary/aromatic N) is 2. The van der Waals surface area contributed by atoms with E-state index >= 15 is 0 Å². The van der Waals surface area contributed by atoms with Crippen LogP contribution in [0, 0.1) is 11.3 Å². The Morgan fingerprint density at radius 3 is 2.59 bits per heavy atom. The van der Waals surface area contributed by atoms with Gasteiger partial charge in [-0.05, 0) is 39.2 Å². The molecule has 0 fully saturated rings. The molecule has 1 heterocycles. The van der Waals surface area contributed by atoms with Crippen LogP contribution in [0.4, 0.5) is 0 Å². The van der Waals surface area contributed by atoms with Gasteiger partial charge in [-0.2, -0.15) is 5.26 Å². The maximum Gasteiger partial charge on any atom is 0.270 e. The van der Waals surface area contributed by atoms with E-state index in [1.165, 1.54) is 11.8 Å². The molecule has 22 heavy (non-hydrogen) atoms. The molecule has 0 saturated carbocycles. The summed E-state index contributed by atoms with van der Waals surface area (Å²) in [6.07, 6.45) is 1.81. The predicted octanol–water partition coefficient (Wildman–Crippen LogP) is 3.21. The Labute approximate surface area is 133 Å². The Kier molecular flexibility index (Phi) is 4.57. The van der Waals surface area contributed by atoms with Gasteiger partial charge in [0.15, 0.2) is 5.16 Å². The minimum atomic E-state index is -0.442. The first-order valence-electron chi connectivity index (χ1n) is 6.72. The van der Waals surface area contributed by atoms with Gasteiger partial charge in [0.1, 0.15) is 28.7 Å². The summed E-state index contributed by atoms with van der Waals surface area (Å²) in [5.74, 6) is 0.594. The highest BCUT2D eigenvalue weighted by atomic mass is 32.2. The highest BCUT2D eigenvalue weighted by Gasteiger charge is 2.20. The number of nitrogens with one attached hydrogen (secondary N) is 1. The zero-order valence-corrected chi connectivity index (χ0v) is 13.7. The molecule has 0 aliphatic rings. The number of ether oxygens (including phenoxy) is 1. The molecule has 0 aliphatic carbocycles. The second-order valence-corrected chi connectivity index (χ2v) is 6.42. The first kappa shape index (κ1) is 16.1. The fourth-order valence-corrected chi connectivity index (χ4v) is 2.31. The van der Waals surface area contributed by atoms with Gasteiger partial charge in [-0.15, -0.1) is 0 Å². The van der Waals surface area contributed by atoms with Crippen LogP contribution in [0.1, 0.15) is 26.3 Å². The van der Waals surface area contributed by atoms with Crippen molar-refractivity contribution in [2.24, 2.45) is 0 Å². The van der Waals surface area contributed by atoms with Crippen LogP contribution in [-0.4, -0.2) is 21.8 Å². The minimum Gasteiger partial charge on any atom is -0.487 e. The molecule has 0 aliphatic heterocycles. The number of thioether (sulfide) groups is 1. The molecule has 0 amide bonds. The average molecular weight is 315 g/mol. The summed E-state index contributed by atoms with van der Waals surface area (Å²) in [5.41, 5.74) is 0.128. The largest absolute Gasteiger partial charge is 0.487 e. The van der Waals surface area contributed by atoms with Crippen LogP contribution in [0.5, 0.6) is 5.75 Å².